The normalized spacial score (nSPS) is 16.3. The molecule has 1 saturated heterocycles. The first-order valence-electron chi connectivity index (χ1n) is 10.8. The number of nitrogens with one attached hydrogen (secondary N) is 2. The second kappa shape index (κ2) is 12.9. The summed E-state index contributed by atoms with van der Waals surface area (Å²) in [6, 6.07) is 9.53. The molecule has 0 bridgehead atoms. The number of ether oxygens (including phenoxy) is 3. The molecule has 0 saturated carbocycles. The van der Waals surface area contributed by atoms with Crippen molar-refractivity contribution in [3.8, 4) is 11.6 Å². The first kappa shape index (κ1) is 23.0. The molecule has 0 aliphatic carbocycles. The predicted molar refractivity (Wildman–Crippen MR) is 118 cm³/mol. The molecule has 1 fully saturated rings. The number of hydrogen-bond donors (Lipinski definition) is 2. The first-order valence-corrected chi connectivity index (χ1v) is 10.8. The Morgan fingerprint density at radius 1 is 1.23 bits per heavy atom. The molecule has 168 valence electrons. The third-order valence-corrected chi connectivity index (χ3v) is 4.68. The van der Waals surface area contributed by atoms with Gasteiger partial charge in [0.25, 0.3) is 0 Å². The molecule has 3 rings (SSSR count). The molecule has 7 nitrogen and oxygen atoms in total. The Labute approximate surface area is 183 Å². The molecule has 2 N–H and O–H groups in total. The van der Waals surface area contributed by atoms with E-state index in [2.05, 4.69) is 20.6 Å². The van der Waals surface area contributed by atoms with Gasteiger partial charge in [0, 0.05) is 38.6 Å². The highest BCUT2D eigenvalue weighted by Gasteiger charge is 2.14. The van der Waals surface area contributed by atoms with Crippen molar-refractivity contribution in [1.82, 2.24) is 15.6 Å². The van der Waals surface area contributed by atoms with Crippen molar-refractivity contribution in [1.29, 1.82) is 0 Å². The van der Waals surface area contributed by atoms with E-state index in [1.54, 1.807) is 24.4 Å². The summed E-state index contributed by atoms with van der Waals surface area (Å²) < 4.78 is 29.8. The fraction of sp³-hybridized carbons (Fsp3) is 0.478. The van der Waals surface area contributed by atoms with Crippen LogP contribution < -0.4 is 15.4 Å². The molecule has 0 radical (unpaired) electrons. The largest absolute Gasteiger partial charge is 0.439 e. The predicted octanol–water partition coefficient (Wildman–Crippen LogP) is 3.65. The first-order chi connectivity index (χ1) is 15.2. The van der Waals surface area contributed by atoms with E-state index in [9.17, 15) is 4.39 Å². The van der Waals surface area contributed by atoms with Gasteiger partial charge in [-0.3, -0.25) is 0 Å². The smallest absolute Gasteiger partial charge is 0.219 e. The fourth-order valence-corrected chi connectivity index (χ4v) is 3.07. The highest BCUT2D eigenvalue weighted by Crippen LogP contribution is 2.19. The maximum absolute atomic E-state index is 13.0. The van der Waals surface area contributed by atoms with E-state index in [0.29, 0.717) is 31.4 Å². The van der Waals surface area contributed by atoms with Gasteiger partial charge in [0.1, 0.15) is 11.6 Å². The number of aliphatic imine (C=N–C) groups is 1. The summed E-state index contributed by atoms with van der Waals surface area (Å²) in [4.78, 5) is 8.90. The molecule has 1 aliphatic heterocycles. The van der Waals surface area contributed by atoms with Gasteiger partial charge in [-0.15, -0.1) is 0 Å². The second-order valence-electron chi connectivity index (χ2n) is 7.25. The summed E-state index contributed by atoms with van der Waals surface area (Å²) in [5.41, 5.74) is 0.962. The van der Waals surface area contributed by atoms with Crippen molar-refractivity contribution in [2.45, 2.75) is 38.8 Å². The van der Waals surface area contributed by atoms with E-state index in [1.807, 2.05) is 13.0 Å². The SMILES string of the molecule is CCNC(=NCc1ccc(Oc2ccc(F)cc2)nc1)NCCCOCC1CCCO1. The molecule has 1 aliphatic rings. The van der Waals surface area contributed by atoms with Gasteiger partial charge in [-0.1, -0.05) is 6.07 Å². The van der Waals surface area contributed by atoms with E-state index in [0.717, 1.165) is 50.5 Å². The standard InChI is InChI=1S/C23H31FN4O3/c1-2-25-23(26-12-4-13-29-17-21-5-3-14-30-21)28-16-18-6-11-22(27-15-18)31-20-9-7-19(24)8-10-20/h6-11,15,21H,2-5,12-14,16-17H2,1H3,(H2,25,26,28). The highest BCUT2D eigenvalue weighted by atomic mass is 19.1. The average molecular weight is 431 g/mol. The molecule has 1 aromatic heterocycles. The zero-order chi connectivity index (χ0) is 21.7. The van der Waals surface area contributed by atoms with Crippen LogP contribution in [-0.2, 0) is 16.0 Å². The lowest BCUT2D eigenvalue weighted by Gasteiger charge is -2.12. The van der Waals surface area contributed by atoms with Gasteiger partial charge in [-0.05, 0) is 56.0 Å². The van der Waals surface area contributed by atoms with E-state index >= 15 is 0 Å². The number of hydrogen-bond acceptors (Lipinski definition) is 5. The van der Waals surface area contributed by atoms with E-state index in [-0.39, 0.29) is 11.9 Å². The minimum absolute atomic E-state index is 0.271. The minimum Gasteiger partial charge on any atom is -0.439 e. The summed E-state index contributed by atoms with van der Waals surface area (Å²) >= 11 is 0. The van der Waals surface area contributed by atoms with Crippen LogP contribution in [0.25, 0.3) is 0 Å². The molecule has 0 spiro atoms. The van der Waals surface area contributed by atoms with Crippen molar-refractivity contribution in [2.75, 3.05) is 32.9 Å². The number of nitrogens with zero attached hydrogens (tertiary/aromatic N) is 2. The van der Waals surface area contributed by atoms with Gasteiger partial charge in [0.15, 0.2) is 5.96 Å². The molecule has 31 heavy (non-hydrogen) atoms. The zero-order valence-electron chi connectivity index (χ0n) is 18.0. The van der Waals surface area contributed by atoms with Crippen LogP contribution in [0.1, 0.15) is 31.7 Å². The van der Waals surface area contributed by atoms with Crippen LogP contribution in [-0.4, -0.2) is 50.0 Å². The molecule has 1 atom stereocenters. The van der Waals surface area contributed by atoms with Crippen molar-refractivity contribution in [3.63, 3.8) is 0 Å². The van der Waals surface area contributed by atoms with E-state index in [4.69, 9.17) is 14.2 Å². The van der Waals surface area contributed by atoms with Crippen LogP contribution >= 0.6 is 0 Å². The molecular formula is C23H31FN4O3. The van der Waals surface area contributed by atoms with Crippen molar-refractivity contribution < 1.29 is 18.6 Å². The summed E-state index contributed by atoms with van der Waals surface area (Å²) in [6.07, 6.45) is 5.13. The monoisotopic (exact) mass is 430 g/mol. The molecule has 0 amide bonds. The third-order valence-electron chi connectivity index (χ3n) is 4.68. The lowest BCUT2D eigenvalue weighted by molar-refractivity contribution is 0.0168. The van der Waals surface area contributed by atoms with Crippen LogP contribution in [0.2, 0.25) is 0 Å². The number of aromatic nitrogens is 1. The van der Waals surface area contributed by atoms with Crippen LogP contribution in [0.5, 0.6) is 11.6 Å². The zero-order valence-corrected chi connectivity index (χ0v) is 18.0. The average Bonchev–Trinajstić information content (AvgIpc) is 3.30. The molecule has 8 heteroatoms. The van der Waals surface area contributed by atoms with Gasteiger partial charge < -0.3 is 24.8 Å². The van der Waals surface area contributed by atoms with Crippen molar-refractivity contribution in [2.24, 2.45) is 4.99 Å². The highest BCUT2D eigenvalue weighted by molar-refractivity contribution is 5.79. The van der Waals surface area contributed by atoms with E-state index in [1.165, 1.54) is 12.1 Å². The molecule has 1 aromatic carbocycles. The van der Waals surface area contributed by atoms with Crippen molar-refractivity contribution >= 4 is 5.96 Å². The van der Waals surface area contributed by atoms with E-state index < -0.39 is 0 Å². The molecule has 2 heterocycles. The topological polar surface area (TPSA) is 77.0 Å². The number of guanidine groups is 1. The molecule has 2 aromatic rings. The second-order valence-corrected chi connectivity index (χ2v) is 7.25. The lowest BCUT2D eigenvalue weighted by atomic mass is 10.2. The van der Waals surface area contributed by atoms with Crippen LogP contribution in [0.3, 0.4) is 0 Å². The summed E-state index contributed by atoms with van der Waals surface area (Å²) in [5, 5.41) is 6.56. The number of rotatable bonds is 11. The maximum Gasteiger partial charge on any atom is 0.219 e. The number of pyridine rings is 1. The Kier molecular flexibility index (Phi) is 9.53. The van der Waals surface area contributed by atoms with Gasteiger partial charge in [-0.25, -0.2) is 14.4 Å². The van der Waals surface area contributed by atoms with Gasteiger partial charge >= 0.3 is 0 Å². The molecular weight excluding hydrogens is 399 g/mol. The van der Waals surface area contributed by atoms with Gasteiger partial charge in [-0.2, -0.15) is 0 Å². The maximum atomic E-state index is 13.0. The van der Waals surface area contributed by atoms with Gasteiger partial charge in [0.05, 0.1) is 19.3 Å². The Morgan fingerprint density at radius 3 is 2.81 bits per heavy atom. The Balaban J connectivity index is 1.38. The minimum atomic E-state index is -0.301. The summed E-state index contributed by atoms with van der Waals surface area (Å²) in [6.45, 7) is 6.33. The fourth-order valence-electron chi connectivity index (χ4n) is 3.07. The molecule has 1 unspecified atom stereocenters. The van der Waals surface area contributed by atoms with Crippen LogP contribution in [0.4, 0.5) is 4.39 Å². The van der Waals surface area contributed by atoms with Gasteiger partial charge in [0.2, 0.25) is 5.88 Å². The lowest BCUT2D eigenvalue weighted by Crippen LogP contribution is -2.38. The summed E-state index contributed by atoms with van der Waals surface area (Å²) in [5.74, 6) is 1.45. The van der Waals surface area contributed by atoms with Crippen LogP contribution in [0.15, 0.2) is 47.6 Å². The Bertz CT molecular complexity index is 793. The number of halogens is 1. The van der Waals surface area contributed by atoms with Crippen LogP contribution in [0, 0.1) is 5.82 Å². The summed E-state index contributed by atoms with van der Waals surface area (Å²) in [7, 11) is 0. The quantitative estimate of drug-likeness (QED) is 0.322. The Morgan fingerprint density at radius 2 is 2.10 bits per heavy atom. The Hall–Kier alpha value is -2.71. The number of benzene rings is 1. The third kappa shape index (κ3) is 8.51. The van der Waals surface area contributed by atoms with Crippen molar-refractivity contribution in [3.05, 3.63) is 54.0 Å².